The molecule has 1 aliphatic heterocycles. The molecule has 0 bridgehead atoms. The van der Waals surface area contributed by atoms with Crippen LogP contribution in [0.5, 0.6) is 5.75 Å². The molecule has 1 aliphatic rings. The van der Waals surface area contributed by atoms with Gasteiger partial charge in [0.2, 0.25) is 0 Å². The average molecular weight is 408 g/mol. The first kappa shape index (κ1) is 16.1. The molecule has 0 aromatic heterocycles. The van der Waals surface area contributed by atoms with Gasteiger partial charge < -0.3 is 10.1 Å². The minimum Gasteiger partial charge on any atom is -0.480 e. The molecule has 3 amide bonds. The number of terminal acetylenes is 1. The van der Waals surface area contributed by atoms with Gasteiger partial charge in [0, 0.05) is 6.54 Å². The Hall–Kier alpha value is -2.27. The van der Waals surface area contributed by atoms with Crippen LogP contribution < -0.4 is 10.1 Å². The maximum Gasteiger partial charge on any atom is 0.329 e. The van der Waals surface area contributed by atoms with Crippen LogP contribution in [0.25, 0.3) is 6.08 Å². The summed E-state index contributed by atoms with van der Waals surface area (Å²) < 4.78 is 6.24. The minimum absolute atomic E-state index is 0.179. The van der Waals surface area contributed by atoms with E-state index in [1.54, 1.807) is 18.2 Å². The van der Waals surface area contributed by atoms with Gasteiger partial charge in [-0.15, -0.1) is 13.0 Å². The molecule has 6 heteroatoms. The molecule has 5 nitrogen and oxygen atoms in total. The van der Waals surface area contributed by atoms with Crippen molar-refractivity contribution in [2.75, 3.05) is 13.2 Å². The number of halogens is 1. The number of benzene rings is 1. The van der Waals surface area contributed by atoms with E-state index in [0.29, 0.717) is 5.75 Å². The van der Waals surface area contributed by atoms with E-state index >= 15 is 0 Å². The maximum absolute atomic E-state index is 12.1. The van der Waals surface area contributed by atoms with Crippen LogP contribution in [0.4, 0.5) is 4.79 Å². The standard InChI is InChI=1S/C16H13IN2O3/c1-3-7-19-15(20)13(18-16(19)21)10-11-5-6-14(12(17)9-11)22-8-4-2/h2-3,5-6,9-10H,1,7-8H2,(H,18,21)/b13-10+. The van der Waals surface area contributed by atoms with E-state index in [1.165, 1.54) is 6.08 Å². The molecule has 0 aliphatic carbocycles. The highest BCUT2D eigenvalue weighted by Crippen LogP contribution is 2.24. The zero-order chi connectivity index (χ0) is 16.1. The van der Waals surface area contributed by atoms with E-state index in [2.05, 4.69) is 40.4 Å². The zero-order valence-electron chi connectivity index (χ0n) is 11.6. The van der Waals surface area contributed by atoms with E-state index in [9.17, 15) is 9.59 Å². The van der Waals surface area contributed by atoms with Crippen LogP contribution in [0.15, 0.2) is 36.6 Å². The van der Waals surface area contributed by atoms with E-state index in [4.69, 9.17) is 11.2 Å². The van der Waals surface area contributed by atoms with Crippen molar-refractivity contribution in [3.8, 4) is 18.1 Å². The number of nitrogens with one attached hydrogen (secondary N) is 1. The number of carbonyl (C=O) groups is 2. The number of hydrogen-bond acceptors (Lipinski definition) is 3. The molecule has 0 spiro atoms. The van der Waals surface area contributed by atoms with E-state index in [-0.39, 0.29) is 24.8 Å². The summed E-state index contributed by atoms with van der Waals surface area (Å²) in [5.74, 6) is 2.71. The monoisotopic (exact) mass is 408 g/mol. The Morgan fingerprint density at radius 1 is 1.45 bits per heavy atom. The summed E-state index contributed by atoms with van der Waals surface area (Å²) >= 11 is 2.12. The Balaban J connectivity index is 2.21. The third-order valence-electron chi connectivity index (χ3n) is 2.85. The highest BCUT2D eigenvalue weighted by atomic mass is 127. The summed E-state index contributed by atoms with van der Waals surface area (Å²) in [6, 6.07) is 4.96. The Labute approximate surface area is 142 Å². The molecule has 0 radical (unpaired) electrons. The third kappa shape index (κ3) is 3.49. The topological polar surface area (TPSA) is 58.6 Å². The van der Waals surface area contributed by atoms with Gasteiger partial charge in [-0.05, 0) is 46.4 Å². The molecule has 0 saturated carbocycles. The Morgan fingerprint density at radius 2 is 2.23 bits per heavy atom. The number of carbonyl (C=O) groups excluding carboxylic acids is 2. The fourth-order valence-electron chi connectivity index (χ4n) is 1.88. The summed E-state index contributed by atoms with van der Waals surface area (Å²) in [5.41, 5.74) is 1.02. The molecule has 0 atom stereocenters. The number of nitrogens with zero attached hydrogens (tertiary/aromatic N) is 1. The fraction of sp³-hybridized carbons (Fsp3) is 0.125. The number of hydrogen-bond donors (Lipinski definition) is 1. The highest BCUT2D eigenvalue weighted by molar-refractivity contribution is 14.1. The lowest BCUT2D eigenvalue weighted by atomic mass is 10.2. The van der Waals surface area contributed by atoms with Crippen LogP contribution in [0.3, 0.4) is 0 Å². The van der Waals surface area contributed by atoms with Gasteiger partial charge in [-0.25, -0.2) is 4.79 Å². The molecule has 0 unspecified atom stereocenters. The summed E-state index contributed by atoms with van der Waals surface area (Å²) in [6.45, 7) is 3.90. The molecule has 112 valence electrons. The molecule has 1 heterocycles. The molecule has 1 aromatic carbocycles. The lowest BCUT2D eigenvalue weighted by Crippen LogP contribution is -2.30. The molecular weight excluding hydrogens is 395 g/mol. The quantitative estimate of drug-likeness (QED) is 0.268. The van der Waals surface area contributed by atoms with Crippen LogP contribution >= 0.6 is 22.6 Å². The molecule has 1 fully saturated rings. The van der Waals surface area contributed by atoms with Crippen LogP contribution in [0, 0.1) is 15.9 Å². The lowest BCUT2D eigenvalue weighted by molar-refractivity contribution is -0.122. The third-order valence-corrected chi connectivity index (χ3v) is 3.69. The molecule has 22 heavy (non-hydrogen) atoms. The zero-order valence-corrected chi connectivity index (χ0v) is 13.8. The lowest BCUT2D eigenvalue weighted by Gasteiger charge is -2.07. The van der Waals surface area contributed by atoms with Gasteiger partial charge in [0.25, 0.3) is 5.91 Å². The summed E-state index contributed by atoms with van der Waals surface area (Å²) in [4.78, 5) is 24.9. The van der Waals surface area contributed by atoms with E-state index < -0.39 is 6.03 Å². The second-order valence-electron chi connectivity index (χ2n) is 4.38. The van der Waals surface area contributed by atoms with Gasteiger partial charge >= 0.3 is 6.03 Å². The number of amides is 3. The average Bonchev–Trinajstić information content (AvgIpc) is 2.74. The van der Waals surface area contributed by atoms with Crippen molar-refractivity contribution in [2.45, 2.75) is 0 Å². The SMILES string of the molecule is C#CCOc1ccc(/C=C2/NC(=O)N(CC=C)C2=O)cc1I. The first-order valence-corrected chi connectivity index (χ1v) is 7.46. The molecule has 1 N–H and O–H groups in total. The Morgan fingerprint density at radius 3 is 2.86 bits per heavy atom. The number of rotatable bonds is 5. The van der Waals surface area contributed by atoms with Crippen molar-refractivity contribution in [1.29, 1.82) is 0 Å². The molecule has 1 saturated heterocycles. The predicted molar refractivity (Wildman–Crippen MR) is 91.9 cm³/mol. The van der Waals surface area contributed by atoms with Crippen molar-refractivity contribution in [2.24, 2.45) is 0 Å². The largest absolute Gasteiger partial charge is 0.480 e. The summed E-state index contributed by atoms with van der Waals surface area (Å²) in [5, 5.41) is 2.55. The first-order chi connectivity index (χ1) is 10.6. The van der Waals surface area contributed by atoms with Gasteiger partial charge in [-0.2, -0.15) is 0 Å². The maximum atomic E-state index is 12.1. The molecule has 1 aromatic rings. The molecule has 2 rings (SSSR count). The summed E-state index contributed by atoms with van der Waals surface area (Å²) in [6.07, 6.45) is 8.28. The van der Waals surface area contributed by atoms with Crippen molar-refractivity contribution in [3.05, 3.63) is 45.7 Å². The van der Waals surface area contributed by atoms with Crippen molar-refractivity contribution < 1.29 is 14.3 Å². The second-order valence-corrected chi connectivity index (χ2v) is 5.54. The Kier molecular flexibility index (Phi) is 5.22. The van der Waals surface area contributed by atoms with Crippen molar-refractivity contribution in [3.63, 3.8) is 0 Å². The number of imide groups is 1. The van der Waals surface area contributed by atoms with Gasteiger partial charge in [0.05, 0.1) is 3.57 Å². The Bertz CT molecular complexity index is 704. The van der Waals surface area contributed by atoms with Crippen LogP contribution in [0.2, 0.25) is 0 Å². The number of ether oxygens (including phenoxy) is 1. The van der Waals surface area contributed by atoms with Gasteiger partial charge in [0.1, 0.15) is 18.1 Å². The van der Waals surface area contributed by atoms with E-state index in [0.717, 1.165) is 14.0 Å². The van der Waals surface area contributed by atoms with Gasteiger partial charge in [-0.1, -0.05) is 18.1 Å². The second kappa shape index (κ2) is 7.13. The van der Waals surface area contributed by atoms with Crippen LogP contribution in [0.1, 0.15) is 5.56 Å². The normalized spacial score (nSPS) is 15.6. The van der Waals surface area contributed by atoms with Crippen molar-refractivity contribution in [1.82, 2.24) is 10.2 Å². The van der Waals surface area contributed by atoms with Crippen molar-refractivity contribution >= 4 is 40.6 Å². The van der Waals surface area contributed by atoms with Gasteiger partial charge in [-0.3, -0.25) is 9.69 Å². The van der Waals surface area contributed by atoms with Gasteiger partial charge in [0.15, 0.2) is 0 Å². The number of urea groups is 1. The fourth-order valence-corrected chi connectivity index (χ4v) is 2.57. The molecular formula is C16H13IN2O3. The van der Waals surface area contributed by atoms with Crippen LogP contribution in [-0.2, 0) is 4.79 Å². The first-order valence-electron chi connectivity index (χ1n) is 6.38. The smallest absolute Gasteiger partial charge is 0.329 e. The highest BCUT2D eigenvalue weighted by Gasteiger charge is 2.32. The van der Waals surface area contributed by atoms with E-state index in [1.807, 2.05) is 6.07 Å². The summed E-state index contributed by atoms with van der Waals surface area (Å²) in [7, 11) is 0. The van der Waals surface area contributed by atoms with Crippen LogP contribution in [-0.4, -0.2) is 30.0 Å². The predicted octanol–water partition coefficient (Wildman–Crippen LogP) is 2.38. The minimum atomic E-state index is -0.445.